The van der Waals surface area contributed by atoms with E-state index in [4.69, 9.17) is 5.73 Å². The summed E-state index contributed by atoms with van der Waals surface area (Å²) in [5, 5.41) is 0. The third-order valence-electron chi connectivity index (χ3n) is 3.64. The number of fused-ring (bicyclic) bond motifs is 1. The Morgan fingerprint density at radius 1 is 1.04 bits per heavy atom. The number of hydrogen-bond acceptors (Lipinski definition) is 2. The van der Waals surface area contributed by atoms with Crippen molar-refractivity contribution in [3.05, 3.63) is 65.2 Å². The van der Waals surface area contributed by atoms with E-state index in [0.717, 1.165) is 22.6 Å². The highest BCUT2D eigenvalue weighted by atomic mass is 32.2. The Hall–Kier alpha value is -2.21. The minimum Gasteiger partial charge on any atom is -0.366 e. The van der Waals surface area contributed by atoms with E-state index in [0.29, 0.717) is 22.5 Å². The molecule has 1 aliphatic heterocycles. The van der Waals surface area contributed by atoms with Gasteiger partial charge in [0.05, 0.1) is 11.1 Å². The molecule has 0 aromatic heterocycles. The van der Waals surface area contributed by atoms with Crippen LogP contribution in [0.4, 0.5) is 13.2 Å². The predicted molar refractivity (Wildman–Crippen MR) is 84.6 cm³/mol. The lowest BCUT2D eigenvalue weighted by atomic mass is 9.94. The van der Waals surface area contributed by atoms with E-state index in [1.165, 1.54) is 23.9 Å². The fraction of sp³-hybridized carbons (Fsp3) is 0.118. The first kappa shape index (κ1) is 15.7. The van der Waals surface area contributed by atoms with Crippen LogP contribution in [0.5, 0.6) is 0 Å². The second-order valence-corrected chi connectivity index (χ2v) is 6.09. The SMILES string of the molecule is NC(=O)C1=C(c2ccc(C(F)(F)F)cc2)CSc2ccccc21. The standard InChI is InChI=1S/C17H12F3NOS/c18-17(19,20)11-7-5-10(6-8-11)13-9-23-14-4-2-1-3-12(14)15(13)16(21)22/h1-8H,9H2,(H2,21,22). The molecule has 0 saturated carbocycles. The molecule has 0 radical (unpaired) electrons. The summed E-state index contributed by atoms with van der Waals surface area (Å²) in [5.41, 5.74) is 7.15. The van der Waals surface area contributed by atoms with Crippen LogP contribution in [-0.2, 0) is 11.0 Å². The molecule has 0 spiro atoms. The number of benzene rings is 2. The maximum absolute atomic E-state index is 12.7. The Morgan fingerprint density at radius 3 is 2.30 bits per heavy atom. The van der Waals surface area contributed by atoms with Gasteiger partial charge in [-0.1, -0.05) is 30.3 Å². The maximum atomic E-state index is 12.7. The van der Waals surface area contributed by atoms with Crippen LogP contribution in [0.15, 0.2) is 53.4 Å². The van der Waals surface area contributed by atoms with E-state index < -0.39 is 17.6 Å². The average Bonchev–Trinajstić information content (AvgIpc) is 2.53. The molecule has 2 N–H and O–H groups in total. The quantitative estimate of drug-likeness (QED) is 0.893. The molecular weight excluding hydrogens is 323 g/mol. The number of carbonyl (C=O) groups excluding carboxylic acids is 1. The molecule has 1 heterocycles. The number of halogens is 3. The van der Waals surface area contributed by atoms with E-state index >= 15 is 0 Å². The summed E-state index contributed by atoms with van der Waals surface area (Å²) in [5.74, 6) is -0.0895. The van der Waals surface area contributed by atoms with Crippen molar-refractivity contribution in [3.63, 3.8) is 0 Å². The first-order valence-corrected chi connectivity index (χ1v) is 7.79. The van der Waals surface area contributed by atoms with Crippen molar-refractivity contribution >= 4 is 28.8 Å². The molecule has 3 rings (SSSR count). The second kappa shape index (κ2) is 5.77. The van der Waals surface area contributed by atoms with Gasteiger partial charge in [-0.25, -0.2) is 0 Å². The Morgan fingerprint density at radius 2 is 1.70 bits per heavy atom. The van der Waals surface area contributed by atoms with Crippen molar-refractivity contribution in [1.82, 2.24) is 0 Å². The Bertz CT molecular complexity index is 794. The molecule has 0 fully saturated rings. The molecule has 2 nitrogen and oxygen atoms in total. The molecule has 0 aliphatic carbocycles. The summed E-state index contributed by atoms with van der Waals surface area (Å²) in [4.78, 5) is 12.8. The summed E-state index contributed by atoms with van der Waals surface area (Å²) in [7, 11) is 0. The zero-order valence-corrected chi connectivity index (χ0v) is 12.7. The van der Waals surface area contributed by atoms with Crippen LogP contribution < -0.4 is 5.73 Å². The first-order chi connectivity index (χ1) is 10.9. The lowest BCUT2D eigenvalue weighted by Gasteiger charge is -2.21. The van der Waals surface area contributed by atoms with Crippen molar-refractivity contribution in [2.24, 2.45) is 5.73 Å². The second-order valence-electron chi connectivity index (χ2n) is 5.08. The zero-order valence-electron chi connectivity index (χ0n) is 11.9. The van der Waals surface area contributed by atoms with Crippen molar-refractivity contribution in [3.8, 4) is 0 Å². The van der Waals surface area contributed by atoms with Crippen molar-refractivity contribution in [2.75, 3.05) is 5.75 Å². The maximum Gasteiger partial charge on any atom is 0.416 e. The van der Waals surface area contributed by atoms with Crippen LogP contribution in [0.2, 0.25) is 0 Å². The highest BCUT2D eigenvalue weighted by molar-refractivity contribution is 7.99. The van der Waals surface area contributed by atoms with E-state index in [9.17, 15) is 18.0 Å². The number of nitrogens with two attached hydrogens (primary N) is 1. The van der Waals surface area contributed by atoms with Gasteiger partial charge in [0.1, 0.15) is 0 Å². The minimum absolute atomic E-state index is 0.374. The van der Waals surface area contributed by atoms with Crippen molar-refractivity contribution in [2.45, 2.75) is 11.1 Å². The Labute approximate surface area is 135 Å². The molecule has 1 amide bonds. The Kier molecular flexibility index (Phi) is 3.93. The summed E-state index contributed by atoms with van der Waals surface area (Å²) in [6.07, 6.45) is -4.38. The molecule has 23 heavy (non-hydrogen) atoms. The number of hydrogen-bond donors (Lipinski definition) is 1. The van der Waals surface area contributed by atoms with Crippen LogP contribution in [0.1, 0.15) is 16.7 Å². The van der Waals surface area contributed by atoms with Gasteiger partial charge in [-0.05, 0) is 29.3 Å². The molecule has 118 valence electrons. The highest BCUT2D eigenvalue weighted by Crippen LogP contribution is 2.41. The van der Waals surface area contributed by atoms with Crippen molar-refractivity contribution in [1.29, 1.82) is 0 Å². The van der Waals surface area contributed by atoms with Crippen LogP contribution in [0.25, 0.3) is 11.1 Å². The fourth-order valence-electron chi connectivity index (χ4n) is 2.55. The third-order valence-corrected chi connectivity index (χ3v) is 4.74. The van der Waals surface area contributed by atoms with Gasteiger partial charge >= 0.3 is 6.18 Å². The number of amides is 1. The monoisotopic (exact) mass is 335 g/mol. The molecule has 0 unspecified atom stereocenters. The minimum atomic E-state index is -4.38. The van der Waals surface area contributed by atoms with Gasteiger partial charge in [-0.3, -0.25) is 4.79 Å². The van der Waals surface area contributed by atoms with E-state index in [1.54, 1.807) is 12.1 Å². The molecule has 2 aromatic rings. The molecule has 6 heteroatoms. The van der Waals surface area contributed by atoms with Gasteiger partial charge in [0.25, 0.3) is 0 Å². The number of rotatable bonds is 2. The molecule has 2 aromatic carbocycles. The summed E-state index contributed by atoms with van der Waals surface area (Å²) < 4.78 is 38.0. The van der Waals surface area contributed by atoms with Gasteiger partial charge in [-0.15, -0.1) is 11.8 Å². The normalized spacial score (nSPS) is 14.6. The lowest BCUT2D eigenvalue weighted by molar-refractivity contribution is -0.137. The molecular formula is C17H12F3NOS. The van der Waals surface area contributed by atoms with E-state index in [1.807, 2.05) is 12.1 Å². The largest absolute Gasteiger partial charge is 0.416 e. The summed E-state index contributed by atoms with van der Waals surface area (Å²) in [6.45, 7) is 0. The van der Waals surface area contributed by atoms with Gasteiger partial charge < -0.3 is 5.73 Å². The highest BCUT2D eigenvalue weighted by Gasteiger charge is 2.30. The fourth-order valence-corrected chi connectivity index (χ4v) is 3.66. The number of thioether (sulfide) groups is 1. The molecule has 0 atom stereocenters. The third kappa shape index (κ3) is 2.99. The average molecular weight is 335 g/mol. The van der Waals surface area contributed by atoms with Gasteiger partial charge in [0, 0.05) is 16.2 Å². The Balaban J connectivity index is 2.12. The zero-order chi connectivity index (χ0) is 16.6. The summed E-state index contributed by atoms with van der Waals surface area (Å²) >= 11 is 1.53. The lowest BCUT2D eigenvalue weighted by Crippen LogP contribution is -2.18. The molecule has 0 saturated heterocycles. The topological polar surface area (TPSA) is 43.1 Å². The number of alkyl halides is 3. The first-order valence-electron chi connectivity index (χ1n) is 6.80. The smallest absolute Gasteiger partial charge is 0.366 e. The number of carbonyl (C=O) groups is 1. The predicted octanol–water partition coefficient (Wildman–Crippen LogP) is 4.21. The van der Waals surface area contributed by atoms with Crippen LogP contribution in [0, 0.1) is 0 Å². The van der Waals surface area contributed by atoms with E-state index in [2.05, 4.69) is 0 Å². The van der Waals surface area contributed by atoms with Crippen molar-refractivity contribution < 1.29 is 18.0 Å². The molecule has 1 aliphatic rings. The molecule has 0 bridgehead atoms. The van der Waals surface area contributed by atoms with Gasteiger partial charge in [0.2, 0.25) is 5.91 Å². The van der Waals surface area contributed by atoms with Gasteiger partial charge in [0.15, 0.2) is 0 Å². The van der Waals surface area contributed by atoms with Gasteiger partial charge in [-0.2, -0.15) is 13.2 Å². The summed E-state index contributed by atoms with van der Waals surface area (Å²) in [6, 6.07) is 12.2. The van der Waals surface area contributed by atoms with Crippen LogP contribution >= 0.6 is 11.8 Å². The number of primary amides is 1. The van der Waals surface area contributed by atoms with Crippen LogP contribution in [0.3, 0.4) is 0 Å². The van der Waals surface area contributed by atoms with Crippen LogP contribution in [-0.4, -0.2) is 11.7 Å². The van der Waals surface area contributed by atoms with E-state index in [-0.39, 0.29) is 0 Å².